The van der Waals surface area contributed by atoms with E-state index in [-0.39, 0.29) is 6.61 Å². The number of esters is 2. The Morgan fingerprint density at radius 2 is 1.82 bits per heavy atom. The number of carbonyl (C=O) groups excluding carboxylic acids is 2. The summed E-state index contributed by atoms with van der Waals surface area (Å²) in [5.74, 6) is -0.626. The van der Waals surface area contributed by atoms with Gasteiger partial charge >= 0.3 is 11.9 Å². The molecule has 0 spiro atoms. The van der Waals surface area contributed by atoms with Crippen molar-refractivity contribution in [3.63, 3.8) is 0 Å². The fourth-order valence-electron chi connectivity index (χ4n) is 1.60. The van der Waals surface area contributed by atoms with Gasteiger partial charge in [0.25, 0.3) is 0 Å². The molecule has 0 heterocycles. The standard InChI is InChI=1S/C17H24O5/c1-5-6-11-20-15(18)12-21-14-10-8-7-9-13(14)16(19)22-17(2,3)4/h7-10H,5-6,11-12H2,1-4H3. The van der Waals surface area contributed by atoms with Crippen molar-refractivity contribution in [2.45, 2.75) is 46.1 Å². The van der Waals surface area contributed by atoms with Crippen LogP contribution in [0.5, 0.6) is 5.75 Å². The van der Waals surface area contributed by atoms with E-state index in [1.807, 2.05) is 6.92 Å². The Labute approximate surface area is 131 Å². The molecule has 1 rings (SSSR count). The molecule has 0 unspecified atom stereocenters. The number of hydrogen-bond acceptors (Lipinski definition) is 5. The molecule has 0 aliphatic carbocycles. The molecule has 0 aliphatic heterocycles. The molecule has 0 radical (unpaired) electrons. The first-order valence-corrected chi connectivity index (χ1v) is 7.44. The maximum atomic E-state index is 12.1. The van der Waals surface area contributed by atoms with Crippen LogP contribution in [-0.2, 0) is 14.3 Å². The van der Waals surface area contributed by atoms with Crippen LogP contribution in [0.15, 0.2) is 24.3 Å². The molecule has 0 aliphatic rings. The molecule has 5 nitrogen and oxygen atoms in total. The van der Waals surface area contributed by atoms with Crippen LogP contribution in [0, 0.1) is 0 Å². The first kappa shape index (κ1) is 18.0. The molecular weight excluding hydrogens is 284 g/mol. The summed E-state index contributed by atoms with van der Waals surface area (Å²) >= 11 is 0. The number of ether oxygens (including phenoxy) is 3. The second kappa shape index (κ2) is 8.41. The number of para-hydroxylation sites is 1. The predicted molar refractivity (Wildman–Crippen MR) is 83.0 cm³/mol. The van der Waals surface area contributed by atoms with Crippen molar-refractivity contribution >= 4 is 11.9 Å². The van der Waals surface area contributed by atoms with Crippen molar-refractivity contribution in [2.24, 2.45) is 0 Å². The molecule has 0 atom stereocenters. The van der Waals surface area contributed by atoms with Gasteiger partial charge in [-0.3, -0.25) is 0 Å². The third kappa shape index (κ3) is 6.61. The highest BCUT2D eigenvalue weighted by Crippen LogP contribution is 2.21. The third-order valence-corrected chi connectivity index (χ3v) is 2.61. The smallest absolute Gasteiger partial charge is 0.344 e. The second-order valence-electron chi connectivity index (χ2n) is 5.86. The predicted octanol–water partition coefficient (Wildman–Crippen LogP) is 3.36. The lowest BCUT2D eigenvalue weighted by Gasteiger charge is -2.20. The topological polar surface area (TPSA) is 61.8 Å². The van der Waals surface area contributed by atoms with Gasteiger partial charge in [-0.05, 0) is 39.3 Å². The minimum Gasteiger partial charge on any atom is -0.481 e. The molecule has 0 saturated heterocycles. The van der Waals surface area contributed by atoms with Crippen molar-refractivity contribution in [2.75, 3.05) is 13.2 Å². The molecular formula is C17H24O5. The molecule has 0 N–H and O–H groups in total. The van der Waals surface area contributed by atoms with E-state index < -0.39 is 17.5 Å². The molecule has 0 amide bonds. The van der Waals surface area contributed by atoms with E-state index in [1.54, 1.807) is 45.0 Å². The summed E-state index contributed by atoms with van der Waals surface area (Å²) in [5, 5.41) is 0. The minimum atomic E-state index is -0.594. The molecule has 1 aromatic carbocycles. The van der Waals surface area contributed by atoms with Crippen LogP contribution in [0.3, 0.4) is 0 Å². The number of rotatable bonds is 7. The van der Waals surface area contributed by atoms with Crippen LogP contribution in [0.25, 0.3) is 0 Å². The van der Waals surface area contributed by atoms with Crippen LogP contribution in [0.4, 0.5) is 0 Å². The molecule has 122 valence electrons. The third-order valence-electron chi connectivity index (χ3n) is 2.61. The van der Waals surface area contributed by atoms with Gasteiger partial charge in [-0.2, -0.15) is 0 Å². The monoisotopic (exact) mass is 308 g/mol. The highest BCUT2D eigenvalue weighted by molar-refractivity contribution is 5.92. The summed E-state index contributed by atoms with van der Waals surface area (Å²) in [6, 6.07) is 6.67. The number of carbonyl (C=O) groups is 2. The van der Waals surface area contributed by atoms with Crippen LogP contribution in [0.2, 0.25) is 0 Å². The van der Waals surface area contributed by atoms with E-state index in [0.717, 1.165) is 12.8 Å². The average molecular weight is 308 g/mol. The Morgan fingerprint density at radius 3 is 2.45 bits per heavy atom. The molecule has 1 aromatic rings. The lowest BCUT2D eigenvalue weighted by Crippen LogP contribution is -2.24. The lowest BCUT2D eigenvalue weighted by molar-refractivity contribution is -0.146. The lowest BCUT2D eigenvalue weighted by atomic mass is 10.1. The van der Waals surface area contributed by atoms with Crippen LogP contribution in [-0.4, -0.2) is 30.8 Å². The van der Waals surface area contributed by atoms with E-state index >= 15 is 0 Å². The Kier molecular flexibility index (Phi) is 6.89. The van der Waals surface area contributed by atoms with E-state index in [4.69, 9.17) is 14.2 Å². The van der Waals surface area contributed by atoms with Crippen molar-refractivity contribution in [1.82, 2.24) is 0 Å². The highest BCUT2D eigenvalue weighted by Gasteiger charge is 2.21. The van der Waals surface area contributed by atoms with Crippen LogP contribution < -0.4 is 4.74 Å². The quantitative estimate of drug-likeness (QED) is 0.571. The molecule has 5 heteroatoms. The largest absolute Gasteiger partial charge is 0.481 e. The maximum Gasteiger partial charge on any atom is 0.344 e. The van der Waals surface area contributed by atoms with E-state index in [0.29, 0.717) is 17.9 Å². The van der Waals surface area contributed by atoms with Crippen molar-refractivity contribution < 1.29 is 23.8 Å². The molecule has 0 bridgehead atoms. The summed E-state index contributed by atoms with van der Waals surface area (Å²) in [5.41, 5.74) is -0.303. The van der Waals surface area contributed by atoms with E-state index in [2.05, 4.69) is 0 Å². The summed E-state index contributed by atoms with van der Waals surface area (Å²) in [7, 11) is 0. The minimum absolute atomic E-state index is 0.233. The fourth-order valence-corrected chi connectivity index (χ4v) is 1.60. The summed E-state index contributed by atoms with van der Waals surface area (Å²) in [6.07, 6.45) is 1.77. The van der Waals surface area contributed by atoms with E-state index in [9.17, 15) is 9.59 Å². The fraction of sp³-hybridized carbons (Fsp3) is 0.529. The van der Waals surface area contributed by atoms with Gasteiger partial charge in [0.05, 0.1) is 6.61 Å². The number of benzene rings is 1. The molecule has 0 aromatic heterocycles. The van der Waals surface area contributed by atoms with Gasteiger partial charge in [-0.15, -0.1) is 0 Å². The van der Waals surface area contributed by atoms with Crippen molar-refractivity contribution in [1.29, 1.82) is 0 Å². The molecule has 22 heavy (non-hydrogen) atoms. The van der Waals surface area contributed by atoms with Crippen LogP contribution in [0.1, 0.15) is 50.9 Å². The Morgan fingerprint density at radius 1 is 1.14 bits per heavy atom. The Bertz CT molecular complexity index is 502. The summed E-state index contributed by atoms with van der Waals surface area (Å²) < 4.78 is 15.7. The zero-order valence-electron chi connectivity index (χ0n) is 13.7. The number of hydrogen-bond donors (Lipinski definition) is 0. The van der Waals surface area contributed by atoms with Crippen molar-refractivity contribution in [3.05, 3.63) is 29.8 Å². The normalized spacial score (nSPS) is 10.9. The van der Waals surface area contributed by atoms with Crippen molar-refractivity contribution in [3.8, 4) is 5.75 Å². The molecule has 0 saturated carbocycles. The zero-order chi connectivity index (χ0) is 16.6. The second-order valence-corrected chi connectivity index (χ2v) is 5.86. The highest BCUT2D eigenvalue weighted by atomic mass is 16.6. The Balaban J connectivity index is 2.64. The first-order chi connectivity index (χ1) is 10.3. The summed E-state index contributed by atoms with van der Waals surface area (Å²) in [6.45, 7) is 7.54. The zero-order valence-corrected chi connectivity index (χ0v) is 13.7. The first-order valence-electron chi connectivity index (χ1n) is 7.44. The van der Waals surface area contributed by atoms with E-state index in [1.165, 1.54) is 0 Å². The SMILES string of the molecule is CCCCOC(=O)COc1ccccc1C(=O)OC(C)(C)C. The van der Waals surface area contributed by atoms with Gasteiger partial charge in [0.2, 0.25) is 0 Å². The van der Waals surface area contributed by atoms with Crippen LogP contribution >= 0.6 is 0 Å². The maximum absolute atomic E-state index is 12.1. The summed E-state index contributed by atoms with van der Waals surface area (Å²) in [4.78, 5) is 23.7. The van der Waals surface area contributed by atoms with Gasteiger partial charge in [0.1, 0.15) is 16.9 Å². The van der Waals surface area contributed by atoms with Gasteiger partial charge < -0.3 is 14.2 Å². The van der Waals surface area contributed by atoms with Gasteiger partial charge in [-0.25, -0.2) is 9.59 Å². The van der Waals surface area contributed by atoms with Gasteiger partial charge in [-0.1, -0.05) is 25.5 Å². The number of unbranched alkanes of at least 4 members (excludes halogenated alkanes) is 1. The average Bonchev–Trinajstić information content (AvgIpc) is 2.44. The van der Waals surface area contributed by atoms with Gasteiger partial charge in [0, 0.05) is 0 Å². The van der Waals surface area contributed by atoms with Gasteiger partial charge in [0.15, 0.2) is 6.61 Å². The Hall–Kier alpha value is -2.04. The molecule has 0 fully saturated rings.